The van der Waals surface area contributed by atoms with E-state index in [-0.39, 0.29) is 6.42 Å². The Morgan fingerprint density at radius 1 is 1.35 bits per heavy atom. The maximum atomic E-state index is 11.8. The van der Waals surface area contributed by atoms with Gasteiger partial charge in [0, 0.05) is 5.69 Å². The molecule has 0 aliphatic rings. The lowest BCUT2D eigenvalue weighted by Crippen LogP contribution is -2.39. The van der Waals surface area contributed by atoms with E-state index >= 15 is 0 Å². The number of hydrogen-bond acceptors (Lipinski definition) is 5. The molecular formula is C13H17N3O4. The van der Waals surface area contributed by atoms with Gasteiger partial charge >= 0.3 is 5.97 Å². The van der Waals surface area contributed by atoms with Crippen LogP contribution in [-0.4, -0.2) is 30.9 Å². The standard InChI is InChI=1S/C13H17N3O4/c1-7-8(13(19)20-2)4-3-5-10(7)16-12(18)9(14)6-11(15)17/h3-5,9H,6,14H2,1-2H3,(H2,15,17)(H,16,18). The number of carbonyl (C=O) groups is 3. The summed E-state index contributed by atoms with van der Waals surface area (Å²) in [5.74, 6) is -1.71. The topological polar surface area (TPSA) is 125 Å². The Bertz CT molecular complexity index is 542. The van der Waals surface area contributed by atoms with Crippen molar-refractivity contribution in [2.45, 2.75) is 19.4 Å². The predicted octanol–water partition coefficient (Wildman–Crippen LogP) is -0.0772. The molecule has 0 fully saturated rings. The van der Waals surface area contributed by atoms with E-state index in [1.54, 1.807) is 25.1 Å². The van der Waals surface area contributed by atoms with E-state index in [1.807, 2.05) is 0 Å². The third-order valence-corrected chi connectivity index (χ3v) is 2.75. The summed E-state index contributed by atoms with van der Waals surface area (Å²) < 4.78 is 4.64. The SMILES string of the molecule is COC(=O)c1cccc(NC(=O)C(N)CC(N)=O)c1C. The van der Waals surface area contributed by atoms with Crippen LogP contribution in [0.5, 0.6) is 0 Å². The number of rotatable bonds is 5. The molecule has 2 amide bonds. The van der Waals surface area contributed by atoms with Gasteiger partial charge in [-0.15, -0.1) is 0 Å². The first-order valence-corrected chi connectivity index (χ1v) is 5.89. The summed E-state index contributed by atoms with van der Waals surface area (Å²) in [5, 5.41) is 2.56. The van der Waals surface area contributed by atoms with Gasteiger partial charge in [-0.3, -0.25) is 9.59 Å². The highest BCUT2D eigenvalue weighted by Gasteiger charge is 2.18. The molecule has 7 nitrogen and oxygen atoms in total. The molecule has 1 aromatic carbocycles. The van der Waals surface area contributed by atoms with Crippen LogP contribution >= 0.6 is 0 Å². The molecule has 0 aromatic heterocycles. The van der Waals surface area contributed by atoms with Gasteiger partial charge in [-0.05, 0) is 24.6 Å². The Morgan fingerprint density at radius 3 is 2.55 bits per heavy atom. The van der Waals surface area contributed by atoms with Crippen molar-refractivity contribution in [3.05, 3.63) is 29.3 Å². The molecule has 108 valence electrons. The summed E-state index contributed by atoms with van der Waals surface area (Å²) in [6.45, 7) is 1.67. The zero-order chi connectivity index (χ0) is 15.3. The summed E-state index contributed by atoms with van der Waals surface area (Å²) in [7, 11) is 1.27. The number of methoxy groups -OCH3 is 1. The zero-order valence-corrected chi connectivity index (χ0v) is 11.3. The van der Waals surface area contributed by atoms with Crippen molar-refractivity contribution in [2.75, 3.05) is 12.4 Å². The van der Waals surface area contributed by atoms with Gasteiger partial charge in [-0.2, -0.15) is 0 Å². The Morgan fingerprint density at radius 2 is 2.00 bits per heavy atom. The second-order valence-corrected chi connectivity index (χ2v) is 4.24. The second kappa shape index (κ2) is 6.67. The van der Waals surface area contributed by atoms with Crippen LogP contribution in [0.3, 0.4) is 0 Å². The molecule has 20 heavy (non-hydrogen) atoms. The van der Waals surface area contributed by atoms with E-state index < -0.39 is 23.8 Å². The van der Waals surface area contributed by atoms with E-state index in [1.165, 1.54) is 7.11 Å². The van der Waals surface area contributed by atoms with Crippen molar-refractivity contribution in [1.82, 2.24) is 0 Å². The van der Waals surface area contributed by atoms with Crippen LogP contribution < -0.4 is 16.8 Å². The number of primary amides is 1. The normalized spacial score (nSPS) is 11.6. The monoisotopic (exact) mass is 279 g/mol. The molecule has 0 aliphatic carbocycles. The first-order chi connectivity index (χ1) is 9.36. The highest BCUT2D eigenvalue weighted by atomic mass is 16.5. The quantitative estimate of drug-likeness (QED) is 0.650. The van der Waals surface area contributed by atoms with Crippen molar-refractivity contribution >= 4 is 23.5 Å². The molecular weight excluding hydrogens is 262 g/mol. The van der Waals surface area contributed by atoms with Crippen molar-refractivity contribution in [1.29, 1.82) is 0 Å². The van der Waals surface area contributed by atoms with E-state index in [0.29, 0.717) is 16.8 Å². The van der Waals surface area contributed by atoms with Crippen molar-refractivity contribution in [3.63, 3.8) is 0 Å². The fraction of sp³-hybridized carbons (Fsp3) is 0.308. The van der Waals surface area contributed by atoms with Crippen LogP contribution in [-0.2, 0) is 14.3 Å². The van der Waals surface area contributed by atoms with E-state index in [2.05, 4.69) is 10.1 Å². The van der Waals surface area contributed by atoms with Gasteiger partial charge in [0.15, 0.2) is 0 Å². The average Bonchev–Trinajstić information content (AvgIpc) is 2.39. The minimum absolute atomic E-state index is 0.248. The molecule has 0 heterocycles. The Balaban J connectivity index is 2.90. The molecule has 0 spiro atoms. The lowest BCUT2D eigenvalue weighted by molar-refractivity contribution is -0.123. The van der Waals surface area contributed by atoms with E-state index in [4.69, 9.17) is 11.5 Å². The van der Waals surface area contributed by atoms with Gasteiger partial charge in [-0.1, -0.05) is 6.07 Å². The highest BCUT2D eigenvalue weighted by Crippen LogP contribution is 2.19. The number of benzene rings is 1. The number of anilines is 1. The fourth-order valence-electron chi connectivity index (χ4n) is 1.64. The maximum Gasteiger partial charge on any atom is 0.338 e. The summed E-state index contributed by atoms with van der Waals surface area (Å²) in [6, 6.07) is 3.78. The molecule has 0 saturated heterocycles. The van der Waals surface area contributed by atoms with Crippen molar-refractivity contribution in [3.8, 4) is 0 Å². The van der Waals surface area contributed by atoms with Crippen LogP contribution in [0.15, 0.2) is 18.2 Å². The molecule has 5 N–H and O–H groups in total. The molecule has 0 bridgehead atoms. The Labute approximate surface area is 116 Å². The van der Waals surface area contributed by atoms with E-state index in [9.17, 15) is 14.4 Å². The second-order valence-electron chi connectivity index (χ2n) is 4.24. The maximum absolute atomic E-state index is 11.8. The summed E-state index contributed by atoms with van der Waals surface area (Å²) in [4.78, 5) is 34.0. The molecule has 1 rings (SSSR count). The molecule has 0 saturated carbocycles. The number of nitrogens with two attached hydrogens (primary N) is 2. The average molecular weight is 279 g/mol. The third-order valence-electron chi connectivity index (χ3n) is 2.75. The molecule has 0 aliphatic heterocycles. The van der Waals surface area contributed by atoms with Gasteiger partial charge in [0.05, 0.1) is 25.1 Å². The number of amides is 2. The first kappa shape index (κ1) is 15.6. The minimum Gasteiger partial charge on any atom is -0.465 e. The van der Waals surface area contributed by atoms with E-state index in [0.717, 1.165) is 0 Å². The summed E-state index contributed by atoms with van der Waals surface area (Å²) in [6.07, 6.45) is -0.248. The van der Waals surface area contributed by atoms with Crippen LogP contribution in [0.25, 0.3) is 0 Å². The van der Waals surface area contributed by atoms with Crippen molar-refractivity contribution in [2.24, 2.45) is 11.5 Å². The molecule has 0 radical (unpaired) electrons. The zero-order valence-electron chi connectivity index (χ0n) is 11.3. The third kappa shape index (κ3) is 3.79. The number of carbonyl (C=O) groups excluding carboxylic acids is 3. The minimum atomic E-state index is -1.03. The van der Waals surface area contributed by atoms with Gasteiger partial charge in [0.25, 0.3) is 0 Å². The van der Waals surface area contributed by atoms with Crippen LogP contribution in [0.4, 0.5) is 5.69 Å². The van der Waals surface area contributed by atoms with Gasteiger partial charge in [0.2, 0.25) is 11.8 Å². The largest absolute Gasteiger partial charge is 0.465 e. The smallest absolute Gasteiger partial charge is 0.338 e. The summed E-state index contributed by atoms with van der Waals surface area (Å²) >= 11 is 0. The predicted molar refractivity (Wildman–Crippen MR) is 72.9 cm³/mol. The fourth-order valence-corrected chi connectivity index (χ4v) is 1.64. The number of hydrogen-bond donors (Lipinski definition) is 3. The van der Waals surface area contributed by atoms with Crippen LogP contribution in [0.1, 0.15) is 22.3 Å². The Hall–Kier alpha value is -2.41. The number of esters is 1. The Kier molecular flexibility index (Phi) is 5.22. The van der Waals surface area contributed by atoms with Crippen molar-refractivity contribution < 1.29 is 19.1 Å². The molecule has 1 atom stereocenters. The summed E-state index contributed by atoms with van der Waals surface area (Å²) in [5.41, 5.74) is 11.8. The lowest BCUT2D eigenvalue weighted by Gasteiger charge is -2.14. The first-order valence-electron chi connectivity index (χ1n) is 5.89. The number of ether oxygens (including phenoxy) is 1. The van der Waals surface area contributed by atoms with Crippen LogP contribution in [0, 0.1) is 6.92 Å². The van der Waals surface area contributed by atoms with Gasteiger partial charge in [-0.25, -0.2) is 4.79 Å². The molecule has 7 heteroatoms. The highest BCUT2D eigenvalue weighted by molar-refractivity contribution is 6.00. The number of nitrogens with one attached hydrogen (secondary N) is 1. The van der Waals surface area contributed by atoms with Gasteiger partial charge < -0.3 is 21.5 Å². The molecule has 1 unspecified atom stereocenters. The lowest BCUT2D eigenvalue weighted by atomic mass is 10.1. The van der Waals surface area contributed by atoms with Crippen LogP contribution in [0.2, 0.25) is 0 Å². The van der Waals surface area contributed by atoms with Gasteiger partial charge in [0.1, 0.15) is 0 Å². The molecule has 1 aromatic rings.